The minimum absolute atomic E-state index is 0.00306. The van der Waals surface area contributed by atoms with Gasteiger partial charge in [-0.2, -0.15) is 0 Å². The van der Waals surface area contributed by atoms with Gasteiger partial charge in [-0.15, -0.1) is 11.3 Å². The first-order chi connectivity index (χ1) is 12.0. The summed E-state index contributed by atoms with van der Waals surface area (Å²) in [5.74, 6) is -0.00306. The van der Waals surface area contributed by atoms with Gasteiger partial charge in [0.25, 0.3) is 0 Å². The van der Waals surface area contributed by atoms with Crippen LogP contribution in [0.5, 0.6) is 0 Å². The van der Waals surface area contributed by atoms with E-state index in [1.165, 1.54) is 0 Å². The topological polar surface area (TPSA) is 48.5 Å². The van der Waals surface area contributed by atoms with E-state index in [1.807, 2.05) is 49.3 Å². The molecule has 25 heavy (non-hydrogen) atoms. The van der Waals surface area contributed by atoms with Crippen LogP contribution in [0.25, 0.3) is 0 Å². The Hall–Kier alpha value is -1.76. The van der Waals surface area contributed by atoms with Crippen molar-refractivity contribution in [2.24, 2.45) is 0 Å². The van der Waals surface area contributed by atoms with Gasteiger partial charge in [0.1, 0.15) is 11.0 Å². The molecule has 2 aromatic rings. The normalized spacial score (nSPS) is 12.6. The maximum atomic E-state index is 12.7. The molecule has 0 aliphatic carbocycles. The quantitative estimate of drug-likeness (QED) is 0.747. The lowest BCUT2D eigenvalue weighted by atomic mass is 10.1. The Morgan fingerprint density at radius 2 is 1.88 bits per heavy atom. The third-order valence-electron chi connectivity index (χ3n) is 4.17. The molecule has 0 bridgehead atoms. The van der Waals surface area contributed by atoms with Crippen LogP contribution in [0.15, 0.2) is 35.7 Å². The summed E-state index contributed by atoms with van der Waals surface area (Å²) in [6, 6.07) is 9.54. The average Bonchev–Trinajstić information content (AvgIpc) is 3.06. The molecule has 1 aromatic heterocycles. The van der Waals surface area contributed by atoms with Crippen LogP contribution in [0.3, 0.4) is 0 Å². The predicted octanol–water partition coefficient (Wildman–Crippen LogP) is 2.90. The minimum atomic E-state index is -0.295. The molecular weight excluding hydrogens is 332 g/mol. The fourth-order valence-corrected chi connectivity index (χ4v) is 3.48. The number of likely N-dealkylation sites (N-methyl/N-ethyl adjacent to an activating group) is 1. The lowest BCUT2D eigenvalue weighted by molar-refractivity contribution is -0.125. The molecule has 0 aliphatic rings. The van der Waals surface area contributed by atoms with Crippen molar-refractivity contribution in [2.75, 3.05) is 27.2 Å². The maximum Gasteiger partial charge on any atom is 0.242 e. The van der Waals surface area contributed by atoms with E-state index in [4.69, 9.17) is 0 Å². The summed E-state index contributed by atoms with van der Waals surface area (Å²) in [6.45, 7) is 7.67. The number of carbonyl (C=O) groups excluding carboxylic acids is 1. The highest BCUT2D eigenvalue weighted by atomic mass is 32.1. The van der Waals surface area contributed by atoms with Crippen LogP contribution >= 0.6 is 11.3 Å². The lowest BCUT2D eigenvalue weighted by Crippen LogP contribution is -2.36. The molecule has 5 nitrogen and oxygen atoms in total. The molecule has 1 heterocycles. The molecule has 6 heteroatoms. The smallest absolute Gasteiger partial charge is 0.242 e. The molecule has 0 radical (unpaired) electrons. The summed E-state index contributed by atoms with van der Waals surface area (Å²) in [7, 11) is 3.84. The third-order valence-corrected chi connectivity index (χ3v) is 5.07. The first-order valence-electron chi connectivity index (χ1n) is 8.69. The van der Waals surface area contributed by atoms with E-state index in [2.05, 4.69) is 34.4 Å². The second-order valence-corrected chi connectivity index (χ2v) is 7.13. The van der Waals surface area contributed by atoms with Crippen LogP contribution in [0.2, 0.25) is 0 Å². The molecule has 2 rings (SSSR count). The van der Waals surface area contributed by atoms with Gasteiger partial charge in [0.2, 0.25) is 5.91 Å². The number of nitrogens with one attached hydrogen (secondary N) is 1. The van der Waals surface area contributed by atoms with Crippen molar-refractivity contribution in [1.82, 2.24) is 20.1 Å². The number of nitrogens with zero attached hydrogens (tertiary/aromatic N) is 3. The molecule has 0 spiro atoms. The second-order valence-electron chi connectivity index (χ2n) is 6.19. The van der Waals surface area contributed by atoms with Gasteiger partial charge in [-0.25, -0.2) is 4.98 Å². The van der Waals surface area contributed by atoms with Gasteiger partial charge in [-0.3, -0.25) is 14.6 Å². The number of hydrogen-bond acceptors (Lipinski definition) is 5. The van der Waals surface area contributed by atoms with Crippen LogP contribution in [0.1, 0.15) is 36.2 Å². The molecule has 136 valence electrons. The summed E-state index contributed by atoms with van der Waals surface area (Å²) in [5.41, 5.74) is 2.07. The molecule has 0 aliphatic heterocycles. The highest BCUT2D eigenvalue weighted by Gasteiger charge is 2.22. The highest BCUT2D eigenvalue weighted by molar-refractivity contribution is 7.09. The molecule has 1 unspecified atom stereocenters. The summed E-state index contributed by atoms with van der Waals surface area (Å²) >= 11 is 1.60. The summed E-state index contributed by atoms with van der Waals surface area (Å²) < 4.78 is 0. The van der Waals surface area contributed by atoms with Crippen molar-refractivity contribution in [2.45, 2.75) is 33.0 Å². The number of benzene rings is 1. The highest BCUT2D eigenvalue weighted by Crippen LogP contribution is 2.18. The number of carbonyl (C=O) groups is 1. The molecule has 1 aromatic carbocycles. The SMILES string of the molecule is CCN(CC)Cc1csc(CNC(=O)C(c2ccccc2)N(C)C)n1. The van der Waals surface area contributed by atoms with Crippen molar-refractivity contribution in [3.63, 3.8) is 0 Å². The van der Waals surface area contributed by atoms with Crippen LogP contribution in [0.4, 0.5) is 0 Å². The standard InChI is InChI=1S/C19H28N4OS/c1-5-23(6-2)13-16-14-25-17(21-16)12-20-19(24)18(22(3)4)15-10-8-7-9-11-15/h7-11,14,18H,5-6,12-13H2,1-4H3,(H,20,24). The van der Waals surface area contributed by atoms with E-state index in [9.17, 15) is 4.79 Å². The largest absolute Gasteiger partial charge is 0.348 e. The van der Waals surface area contributed by atoms with Crippen LogP contribution in [-0.2, 0) is 17.9 Å². The fraction of sp³-hybridized carbons (Fsp3) is 0.474. The number of amides is 1. The summed E-state index contributed by atoms with van der Waals surface area (Å²) in [5, 5.41) is 6.06. The van der Waals surface area contributed by atoms with Gasteiger partial charge in [-0.1, -0.05) is 44.2 Å². The first-order valence-corrected chi connectivity index (χ1v) is 9.57. The molecule has 0 fully saturated rings. The van der Waals surface area contributed by atoms with Gasteiger partial charge in [0, 0.05) is 11.9 Å². The zero-order valence-electron chi connectivity index (χ0n) is 15.5. The molecule has 1 atom stereocenters. The number of thiazole rings is 1. The van der Waals surface area contributed by atoms with E-state index >= 15 is 0 Å². The Labute approximate surface area is 154 Å². The average molecular weight is 361 g/mol. The number of rotatable bonds is 9. The van der Waals surface area contributed by atoms with E-state index in [0.29, 0.717) is 6.54 Å². The Morgan fingerprint density at radius 1 is 1.20 bits per heavy atom. The van der Waals surface area contributed by atoms with Gasteiger partial charge in [0.15, 0.2) is 0 Å². The van der Waals surface area contributed by atoms with Crippen LogP contribution in [-0.4, -0.2) is 47.9 Å². The zero-order chi connectivity index (χ0) is 18.2. The van der Waals surface area contributed by atoms with Gasteiger partial charge in [0.05, 0.1) is 12.2 Å². The van der Waals surface area contributed by atoms with E-state index in [0.717, 1.165) is 35.9 Å². The maximum absolute atomic E-state index is 12.7. The molecular formula is C19H28N4OS. The Balaban J connectivity index is 1.96. The fourth-order valence-electron chi connectivity index (χ4n) is 2.76. The van der Waals surface area contributed by atoms with Crippen molar-refractivity contribution in [3.8, 4) is 0 Å². The van der Waals surface area contributed by atoms with E-state index in [-0.39, 0.29) is 11.9 Å². The molecule has 1 amide bonds. The van der Waals surface area contributed by atoms with E-state index < -0.39 is 0 Å². The Kier molecular flexibility index (Phi) is 7.55. The minimum Gasteiger partial charge on any atom is -0.348 e. The van der Waals surface area contributed by atoms with Crippen molar-refractivity contribution in [1.29, 1.82) is 0 Å². The summed E-state index contributed by atoms with van der Waals surface area (Å²) in [4.78, 5) is 21.6. The third kappa shape index (κ3) is 5.63. The van der Waals surface area contributed by atoms with Gasteiger partial charge >= 0.3 is 0 Å². The molecule has 1 N–H and O–H groups in total. The monoisotopic (exact) mass is 360 g/mol. The van der Waals surface area contributed by atoms with E-state index in [1.54, 1.807) is 11.3 Å². The van der Waals surface area contributed by atoms with Crippen LogP contribution < -0.4 is 5.32 Å². The Morgan fingerprint density at radius 3 is 2.48 bits per heavy atom. The molecule has 0 saturated carbocycles. The second kappa shape index (κ2) is 9.65. The first kappa shape index (κ1) is 19.6. The van der Waals surface area contributed by atoms with Crippen molar-refractivity contribution in [3.05, 3.63) is 52.0 Å². The Bertz CT molecular complexity index is 652. The molecule has 0 saturated heterocycles. The lowest BCUT2D eigenvalue weighted by Gasteiger charge is -2.23. The number of aromatic nitrogens is 1. The van der Waals surface area contributed by atoms with Crippen LogP contribution in [0, 0.1) is 0 Å². The van der Waals surface area contributed by atoms with Crippen molar-refractivity contribution < 1.29 is 4.79 Å². The van der Waals surface area contributed by atoms with Crippen molar-refractivity contribution >= 4 is 17.2 Å². The number of hydrogen-bond donors (Lipinski definition) is 1. The van der Waals surface area contributed by atoms with Gasteiger partial charge < -0.3 is 5.32 Å². The summed E-state index contributed by atoms with van der Waals surface area (Å²) in [6.07, 6.45) is 0. The van der Waals surface area contributed by atoms with Gasteiger partial charge in [-0.05, 0) is 32.7 Å². The predicted molar refractivity (Wildman–Crippen MR) is 103 cm³/mol. The zero-order valence-corrected chi connectivity index (χ0v) is 16.3.